The van der Waals surface area contributed by atoms with Crippen molar-refractivity contribution in [2.75, 3.05) is 6.54 Å². The predicted molar refractivity (Wildman–Crippen MR) is 76.3 cm³/mol. The standard InChI is InChI=1S/C13H15N5OS/c1-10(14-6-8-18-7-3-5-15-18)12-16-17-13(19-12)11-4-2-9-20-11/h2-5,7,9-10,14H,6,8H2,1H3/t10-/m1/s1. The summed E-state index contributed by atoms with van der Waals surface area (Å²) in [6, 6.07) is 5.87. The molecule has 7 heteroatoms. The molecule has 0 unspecified atom stereocenters. The van der Waals surface area contributed by atoms with Crippen molar-refractivity contribution < 1.29 is 4.42 Å². The van der Waals surface area contributed by atoms with E-state index in [1.54, 1.807) is 17.5 Å². The second-order valence-corrected chi connectivity index (χ2v) is 5.32. The van der Waals surface area contributed by atoms with E-state index in [2.05, 4.69) is 20.6 Å². The molecule has 3 aromatic heterocycles. The van der Waals surface area contributed by atoms with Crippen LogP contribution in [0.1, 0.15) is 18.9 Å². The Morgan fingerprint density at radius 1 is 1.40 bits per heavy atom. The van der Waals surface area contributed by atoms with Crippen LogP contribution in [0.5, 0.6) is 0 Å². The third kappa shape index (κ3) is 2.94. The molecular weight excluding hydrogens is 274 g/mol. The number of nitrogens with zero attached hydrogens (tertiary/aromatic N) is 4. The van der Waals surface area contributed by atoms with Gasteiger partial charge in [0.1, 0.15) is 0 Å². The van der Waals surface area contributed by atoms with Gasteiger partial charge in [-0.05, 0) is 24.4 Å². The molecule has 0 aliphatic heterocycles. The summed E-state index contributed by atoms with van der Waals surface area (Å²) in [5.41, 5.74) is 0. The van der Waals surface area contributed by atoms with Gasteiger partial charge in [-0.3, -0.25) is 4.68 Å². The van der Waals surface area contributed by atoms with Gasteiger partial charge >= 0.3 is 0 Å². The molecule has 3 aromatic rings. The number of rotatable bonds is 6. The van der Waals surface area contributed by atoms with Gasteiger partial charge in [0, 0.05) is 18.9 Å². The molecule has 0 spiro atoms. The highest BCUT2D eigenvalue weighted by molar-refractivity contribution is 7.13. The number of hydrogen-bond acceptors (Lipinski definition) is 6. The minimum atomic E-state index is 0.0202. The Hall–Kier alpha value is -1.99. The van der Waals surface area contributed by atoms with Crippen molar-refractivity contribution >= 4 is 11.3 Å². The molecule has 0 aliphatic rings. The number of aromatic nitrogens is 4. The first-order chi connectivity index (χ1) is 9.83. The summed E-state index contributed by atoms with van der Waals surface area (Å²) in [5, 5.41) is 17.7. The van der Waals surface area contributed by atoms with Crippen molar-refractivity contribution in [1.82, 2.24) is 25.3 Å². The second-order valence-electron chi connectivity index (χ2n) is 4.37. The molecule has 3 rings (SSSR count). The van der Waals surface area contributed by atoms with Crippen LogP contribution in [0.25, 0.3) is 10.8 Å². The van der Waals surface area contributed by atoms with E-state index in [1.165, 1.54) is 0 Å². The fourth-order valence-corrected chi connectivity index (χ4v) is 2.47. The molecule has 6 nitrogen and oxygen atoms in total. The molecule has 0 radical (unpaired) electrons. The van der Waals surface area contributed by atoms with Gasteiger partial charge in [-0.1, -0.05) is 6.07 Å². The zero-order valence-electron chi connectivity index (χ0n) is 11.1. The smallest absolute Gasteiger partial charge is 0.257 e. The highest BCUT2D eigenvalue weighted by Crippen LogP contribution is 2.24. The van der Waals surface area contributed by atoms with Crippen LogP contribution in [-0.2, 0) is 6.54 Å². The summed E-state index contributed by atoms with van der Waals surface area (Å²) in [6.07, 6.45) is 3.71. The molecule has 1 atom stereocenters. The molecule has 104 valence electrons. The maximum atomic E-state index is 5.68. The van der Waals surface area contributed by atoms with Crippen molar-refractivity contribution in [2.24, 2.45) is 0 Å². The fraction of sp³-hybridized carbons (Fsp3) is 0.308. The average molecular weight is 289 g/mol. The monoisotopic (exact) mass is 289 g/mol. The minimum absolute atomic E-state index is 0.0202. The van der Waals surface area contributed by atoms with Gasteiger partial charge < -0.3 is 9.73 Å². The van der Waals surface area contributed by atoms with E-state index in [1.807, 2.05) is 41.4 Å². The lowest BCUT2D eigenvalue weighted by molar-refractivity contribution is 0.411. The maximum absolute atomic E-state index is 5.68. The van der Waals surface area contributed by atoms with E-state index in [4.69, 9.17) is 4.42 Å². The SMILES string of the molecule is C[C@@H](NCCn1cccn1)c1nnc(-c2cccs2)o1. The van der Waals surface area contributed by atoms with Crippen LogP contribution in [0.4, 0.5) is 0 Å². The third-order valence-electron chi connectivity index (χ3n) is 2.89. The van der Waals surface area contributed by atoms with Crippen LogP contribution in [0.15, 0.2) is 40.4 Å². The molecule has 3 heterocycles. The summed E-state index contributed by atoms with van der Waals surface area (Å²) < 4.78 is 7.56. The van der Waals surface area contributed by atoms with E-state index < -0.39 is 0 Å². The van der Waals surface area contributed by atoms with E-state index in [0.29, 0.717) is 11.8 Å². The molecular formula is C13H15N5OS. The fourth-order valence-electron chi connectivity index (χ4n) is 1.83. The molecule has 0 bridgehead atoms. The first-order valence-corrected chi connectivity index (χ1v) is 7.29. The Kier molecular flexibility index (Phi) is 3.89. The molecule has 0 saturated carbocycles. The topological polar surface area (TPSA) is 68.8 Å². The van der Waals surface area contributed by atoms with Crippen LogP contribution < -0.4 is 5.32 Å². The van der Waals surface area contributed by atoms with Crippen LogP contribution in [0.3, 0.4) is 0 Å². The molecule has 0 amide bonds. The van der Waals surface area contributed by atoms with E-state index in [0.717, 1.165) is 18.0 Å². The lowest BCUT2D eigenvalue weighted by atomic mass is 10.3. The van der Waals surface area contributed by atoms with Gasteiger partial charge in [0.2, 0.25) is 5.89 Å². The number of thiophene rings is 1. The van der Waals surface area contributed by atoms with Crippen LogP contribution in [0, 0.1) is 0 Å². The number of nitrogens with one attached hydrogen (secondary N) is 1. The molecule has 0 saturated heterocycles. The van der Waals surface area contributed by atoms with Crippen molar-refractivity contribution in [3.8, 4) is 10.8 Å². The van der Waals surface area contributed by atoms with Crippen LogP contribution >= 0.6 is 11.3 Å². The first-order valence-electron chi connectivity index (χ1n) is 6.41. The van der Waals surface area contributed by atoms with Gasteiger partial charge in [0.05, 0.1) is 17.5 Å². The van der Waals surface area contributed by atoms with Gasteiger partial charge in [0.25, 0.3) is 5.89 Å². The Labute approximate surface area is 120 Å². The summed E-state index contributed by atoms with van der Waals surface area (Å²) in [7, 11) is 0. The first kappa shape index (κ1) is 13.0. The lowest BCUT2D eigenvalue weighted by Gasteiger charge is -2.09. The average Bonchev–Trinajstić information content (AvgIpc) is 3.20. The molecule has 20 heavy (non-hydrogen) atoms. The van der Waals surface area contributed by atoms with Crippen molar-refractivity contribution in [2.45, 2.75) is 19.5 Å². The lowest BCUT2D eigenvalue weighted by Crippen LogP contribution is -2.23. The summed E-state index contributed by atoms with van der Waals surface area (Å²) in [4.78, 5) is 0.993. The zero-order valence-corrected chi connectivity index (χ0v) is 11.9. The molecule has 0 aromatic carbocycles. The third-order valence-corrected chi connectivity index (χ3v) is 3.75. The Balaban J connectivity index is 1.56. The van der Waals surface area contributed by atoms with Crippen LogP contribution in [-0.4, -0.2) is 26.5 Å². The van der Waals surface area contributed by atoms with Gasteiger partial charge in [-0.15, -0.1) is 21.5 Å². The van der Waals surface area contributed by atoms with E-state index in [9.17, 15) is 0 Å². The van der Waals surface area contributed by atoms with E-state index in [-0.39, 0.29) is 6.04 Å². The van der Waals surface area contributed by atoms with Crippen LogP contribution in [0.2, 0.25) is 0 Å². The molecule has 1 N–H and O–H groups in total. The number of hydrogen-bond donors (Lipinski definition) is 1. The van der Waals surface area contributed by atoms with Gasteiger partial charge in [-0.2, -0.15) is 5.10 Å². The summed E-state index contributed by atoms with van der Waals surface area (Å²) in [6.45, 7) is 3.61. The highest BCUT2D eigenvalue weighted by atomic mass is 32.1. The predicted octanol–water partition coefficient (Wildman–Crippen LogP) is 2.35. The Bertz CT molecular complexity index is 632. The Morgan fingerprint density at radius 2 is 2.35 bits per heavy atom. The highest BCUT2D eigenvalue weighted by Gasteiger charge is 2.14. The largest absolute Gasteiger partial charge is 0.418 e. The van der Waals surface area contributed by atoms with Crippen molar-refractivity contribution in [3.05, 3.63) is 41.9 Å². The van der Waals surface area contributed by atoms with Gasteiger partial charge in [0.15, 0.2) is 0 Å². The zero-order chi connectivity index (χ0) is 13.8. The van der Waals surface area contributed by atoms with Crippen molar-refractivity contribution in [3.63, 3.8) is 0 Å². The maximum Gasteiger partial charge on any atom is 0.257 e. The quantitative estimate of drug-likeness (QED) is 0.754. The minimum Gasteiger partial charge on any atom is -0.418 e. The molecule has 0 fully saturated rings. The molecule has 0 aliphatic carbocycles. The second kappa shape index (κ2) is 5.98. The summed E-state index contributed by atoms with van der Waals surface area (Å²) >= 11 is 1.59. The van der Waals surface area contributed by atoms with Crippen molar-refractivity contribution in [1.29, 1.82) is 0 Å². The summed E-state index contributed by atoms with van der Waals surface area (Å²) in [5.74, 6) is 1.18. The Morgan fingerprint density at radius 3 is 3.10 bits per heavy atom. The van der Waals surface area contributed by atoms with E-state index >= 15 is 0 Å². The van der Waals surface area contributed by atoms with Gasteiger partial charge in [-0.25, -0.2) is 0 Å². The normalized spacial score (nSPS) is 12.7.